The molecule has 29 heavy (non-hydrogen) atoms. The van der Waals surface area contributed by atoms with E-state index in [0.717, 1.165) is 22.3 Å². The summed E-state index contributed by atoms with van der Waals surface area (Å²) in [6.07, 6.45) is -0.807. The molecule has 1 aliphatic carbocycles. The molecule has 0 fully saturated rings. The highest BCUT2D eigenvalue weighted by Gasteiger charge is 2.29. The Bertz CT molecular complexity index is 1080. The van der Waals surface area contributed by atoms with E-state index in [1.165, 1.54) is 12.1 Å². The fourth-order valence-electron chi connectivity index (χ4n) is 3.62. The summed E-state index contributed by atoms with van der Waals surface area (Å²) in [6, 6.07) is 18.7. The van der Waals surface area contributed by atoms with E-state index in [9.17, 15) is 14.7 Å². The molecule has 0 heterocycles. The van der Waals surface area contributed by atoms with Gasteiger partial charge >= 0.3 is 12.1 Å². The van der Waals surface area contributed by atoms with E-state index in [2.05, 4.69) is 5.32 Å². The van der Waals surface area contributed by atoms with Crippen LogP contribution in [-0.2, 0) is 4.74 Å². The Morgan fingerprint density at radius 3 is 2.03 bits per heavy atom. The molecule has 2 N–H and O–H groups in total. The van der Waals surface area contributed by atoms with Crippen LogP contribution in [0.2, 0.25) is 10.0 Å². The average Bonchev–Trinajstić information content (AvgIpc) is 3.03. The maximum absolute atomic E-state index is 12.4. The smallest absolute Gasteiger partial charge is 0.411 e. The Labute approximate surface area is 176 Å². The van der Waals surface area contributed by atoms with E-state index < -0.39 is 12.1 Å². The van der Waals surface area contributed by atoms with Crippen LogP contribution in [0.1, 0.15) is 27.4 Å². The van der Waals surface area contributed by atoms with Gasteiger partial charge in [-0.15, -0.1) is 0 Å². The minimum absolute atomic E-state index is 0.0316. The minimum Gasteiger partial charge on any atom is -0.478 e. The summed E-state index contributed by atoms with van der Waals surface area (Å²) in [5, 5.41) is 11.8. The van der Waals surface area contributed by atoms with Crippen LogP contribution in [0.15, 0.2) is 60.7 Å². The summed E-state index contributed by atoms with van der Waals surface area (Å²) < 4.78 is 5.43. The number of halogens is 2. The maximum Gasteiger partial charge on any atom is 0.411 e. The molecule has 0 unspecified atom stereocenters. The van der Waals surface area contributed by atoms with E-state index in [1.54, 1.807) is 0 Å². The van der Waals surface area contributed by atoms with Crippen LogP contribution in [0.5, 0.6) is 0 Å². The van der Waals surface area contributed by atoms with E-state index in [4.69, 9.17) is 27.9 Å². The summed E-state index contributed by atoms with van der Waals surface area (Å²) in [5.74, 6) is -1.41. The first-order valence-electron chi connectivity index (χ1n) is 8.80. The molecule has 0 saturated heterocycles. The summed E-state index contributed by atoms with van der Waals surface area (Å²) >= 11 is 12.0. The van der Waals surface area contributed by atoms with E-state index in [0.29, 0.717) is 0 Å². The number of hydrogen-bond acceptors (Lipinski definition) is 3. The number of amides is 1. The summed E-state index contributed by atoms with van der Waals surface area (Å²) in [5.41, 5.74) is 4.00. The van der Waals surface area contributed by atoms with Gasteiger partial charge in [0.2, 0.25) is 0 Å². The van der Waals surface area contributed by atoms with Crippen molar-refractivity contribution in [2.24, 2.45) is 0 Å². The zero-order valence-corrected chi connectivity index (χ0v) is 16.5. The van der Waals surface area contributed by atoms with Gasteiger partial charge in [-0.2, -0.15) is 0 Å². The zero-order chi connectivity index (χ0) is 20.5. The molecule has 0 aliphatic heterocycles. The first-order valence-corrected chi connectivity index (χ1v) is 9.56. The van der Waals surface area contributed by atoms with Crippen molar-refractivity contribution in [2.45, 2.75) is 5.92 Å². The van der Waals surface area contributed by atoms with Gasteiger partial charge in [0, 0.05) is 5.92 Å². The summed E-state index contributed by atoms with van der Waals surface area (Å²) in [6.45, 7) is 0.0977. The van der Waals surface area contributed by atoms with Crippen molar-refractivity contribution < 1.29 is 19.4 Å². The number of anilines is 1. The molecule has 3 aromatic carbocycles. The molecule has 146 valence electrons. The average molecular weight is 428 g/mol. The van der Waals surface area contributed by atoms with Gasteiger partial charge in [-0.25, -0.2) is 9.59 Å². The van der Waals surface area contributed by atoms with Crippen molar-refractivity contribution in [3.05, 3.63) is 87.4 Å². The lowest BCUT2D eigenvalue weighted by Crippen LogP contribution is -2.19. The third-order valence-electron chi connectivity index (χ3n) is 4.89. The van der Waals surface area contributed by atoms with Crippen molar-refractivity contribution >= 4 is 41.0 Å². The van der Waals surface area contributed by atoms with E-state index in [-0.39, 0.29) is 33.8 Å². The van der Waals surface area contributed by atoms with Gasteiger partial charge < -0.3 is 9.84 Å². The van der Waals surface area contributed by atoms with Gasteiger partial charge in [-0.05, 0) is 34.4 Å². The van der Waals surface area contributed by atoms with Gasteiger partial charge in [0.25, 0.3) is 0 Å². The predicted octanol–water partition coefficient (Wildman–Crippen LogP) is 6.05. The van der Waals surface area contributed by atoms with Gasteiger partial charge in [0.15, 0.2) is 0 Å². The molecule has 1 aliphatic rings. The second kappa shape index (κ2) is 7.78. The third-order valence-corrected chi connectivity index (χ3v) is 5.52. The lowest BCUT2D eigenvalue weighted by molar-refractivity contribution is 0.0698. The highest BCUT2D eigenvalue weighted by atomic mass is 35.5. The Morgan fingerprint density at radius 1 is 0.897 bits per heavy atom. The number of nitrogens with one attached hydrogen (secondary N) is 1. The monoisotopic (exact) mass is 427 g/mol. The van der Waals surface area contributed by atoms with Crippen LogP contribution in [0.4, 0.5) is 10.5 Å². The molecule has 7 heteroatoms. The number of benzene rings is 3. The second-order valence-electron chi connectivity index (χ2n) is 6.53. The normalized spacial score (nSPS) is 12.2. The van der Waals surface area contributed by atoms with E-state index >= 15 is 0 Å². The molecule has 0 bridgehead atoms. The Balaban J connectivity index is 1.55. The molecular weight excluding hydrogens is 413 g/mol. The van der Waals surface area contributed by atoms with Gasteiger partial charge in [-0.1, -0.05) is 71.7 Å². The molecule has 1 amide bonds. The molecule has 0 radical (unpaired) electrons. The summed E-state index contributed by atoms with van der Waals surface area (Å²) in [4.78, 5) is 23.9. The van der Waals surface area contributed by atoms with Crippen LogP contribution in [-0.4, -0.2) is 23.8 Å². The van der Waals surface area contributed by atoms with Gasteiger partial charge in [-0.3, -0.25) is 5.32 Å². The van der Waals surface area contributed by atoms with Crippen LogP contribution in [0.25, 0.3) is 11.1 Å². The largest absolute Gasteiger partial charge is 0.478 e. The molecular formula is C22H15Cl2NO4. The van der Waals surface area contributed by atoms with Crippen molar-refractivity contribution in [3.63, 3.8) is 0 Å². The SMILES string of the molecule is O=C(Nc1c(Cl)ccc(Cl)c1C(=O)O)OCC1c2ccccc2-c2ccccc21. The fourth-order valence-corrected chi connectivity index (χ4v) is 4.06. The fraction of sp³-hybridized carbons (Fsp3) is 0.0909. The zero-order valence-electron chi connectivity index (χ0n) is 15.0. The first-order chi connectivity index (χ1) is 14.0. The van der Waals surface area contributed by atoms with Gasteiger partial charge in [0.1, 0.15) is 12.2 Å². The molecule has 0 atom stereocenters. The van der Waals surface area contributed by atoms with Crippen LogP contribution >= 0.6 is 23.2 Å². The number of hydrogen-bond donors (Lipinski definition) is 2. The van der Waals surface area contributed by atoms with Gasteiger partial charge in [0.05, 0.1) is 15.7 Å². The highest BCUT2D eigenvalue weighted by Crippen LogP contribution is 2.44. The van der Waals surface area contributed by atoms with E-state index in [1.807, 2.05) is 48.5 Å². The number of carbonyl (C=O) groups excluding carboxylic acids is 1. The summed E-state index contributed by atoms with van der Waals surface area (Å²) in [7, 11) is 0. The first kappa shape index (κ1) is 19.3. The minimum atomic E-state index is -1.30. The van der Waals surface area contributed by atoms with Crippen LogP contribution < -0.4 is 5.32 Å². The number of carboxylic acid groups (broad SMARTS) is 1. The lowest BCUT2D eigenvalue weighted by atomic mass is 9.98. The van der Waals surface area contributed by atoms with Crippen LogP contribution in [0, 0.1) is 0 Å². The Hall–Kier alpha value is -3.02. The third kappa shape index (κ3) is 3.55. The Morgan fingerprint density at radius 2 is 1.45 bits per heavy atom. The topological polar surface area (TPSA) is 75.6 Å². The molecule has 4 rings (SSSR count). The number of ether oxygens (including phenoxy) is 1. The molecule has 0 spiro atoms. The lowest BCUT2D eigenvalue weighted by Gasteiger charge is -2.16. The Kier molecular flexibility index (Phi) is 5.18. The number of carbonyl (C=O) groups is 2. The van der Waals surface area contributed by atoms with Crippen molar-refractivity contribution in [3.8, 4) is 11.1 Å². The standard InChI is InChI=1S/C22H15Cl2NO4/c23-17-9-10-18(24)20(19(17)21(26)27)25-22(28)29-11-16-14-7-3-1-5-12(14)13-6-2-4-8-15(13)16/h1-10,16H,11H2,(H,25,28)(H,26,27). The van der Waals surface area contributed by atoms with Crippen molar-refractivity contribution in [2.75, 3.05) is 11.9 Å². The predicted molar refractivity (Wildman–Crippen MR) is 112 cm³/mol. The molecule has 0 aromatic heterocycles. The number of fused-ring (bicyclic) bond motifs is 3. The number of rotatable bonds is 4. The molecule has 0 saturated carbocycles. The quantitative estimate of drug-likeness (QED) is 0.530. The number of aromatic carboxylic acids is 1. The maximum atomic E-state index is 12.4. The number of carboxylic acids is 1. The molecule has 3 aromatic rings. The molecule has 5 nitrogen and oxygen atoms in total. The van der Waals surface area contributed by atoms with Crippen molar-refractivity contribution in [1.82, 2.24) is 0 Å². The second-order valence-corrected chi connectivity index (χ2v) is 7.35. The van der Waals surface area contributed by atoms with Crippen LogP contribution in [0.3, 0.4) is 0 Å². The highest BCUT2D eigenvalue weighted by molar-refractivity contribution is 6.38. The van der Waals surface area contributed by atoms with Crippen molar-refractivity contribution in [1.29, 1.82) is 0 Å².